The minimum Gasteiger partial charge on any atom is -0.343 e. The number of amides is 1. The third-order valence-electron chi connectivity index (χ3n) is 4.09. The number of thiophene rings is 1. The Kier molecular flexibility index (Phi) is 6.32. The van der Waals surface area contributed by atoms with Gasteiger partial charge in [-0.25, -0.2) is 8.78 Å². The molecule has 0 bridgehead atoms. The molecule has 0 unspecified atom stereocenters. The Hall–Kier alpha value is -2.57. The second kappa shape index (κ2) is 8.88. The first-order chi connectivity index (χ1) is 13.0. The molecule has 0 fully saturated rings. The summed E-state index contributed by atoms with van der Waals surface area (Å²) >= 11 is 1.53. The summed E-state index contributed by atoms with van der Waals surface area (Å²) in [6.07, 6.45) is 0. The Morgan fingerprint density at radius 3 is 2.52 bits per heavy atom. The van der Waals surface area contributed by atoms with Gasteiger partial charge in [0.2, 0.25) is 5.91 Å². The summed E-state index contributed by atoms with van der Waals surface area (Å²) in [5.41, 5.74) is 1.62. The van der Waals surface area contributed by atoms with E-state index < -0.39 is 0 Å². The van der Waals surface area contributed by atoms with Gasteiger partial charge in [-0.1, -0.05) is 30.3 Å². The summed E-state index contributed by atoms with van der Waals surface area (Å²) in [6.45, 7) is 0.630. The lowest BCUT2D eigenvalue weighted by molar-refractivity contribution is -0.122. The molecular weight excluding hydrogens is 366 g/mol. The molecular formula is C21H20F2N2OS. The molecule has 1 heterocycles. The average Bonchev–Trinajstić information content (AvgIpc) is 3.15. The van der Waals surface area contributed by atoms with E-state index in [0.717, 1.165) is 16.0 Å². The van der Waals surface area contributed by atoms with Crippen LogP contribution < -0.4 is 5.32 Å². The zero-order valence-corrected chi connectivity index (χ0v) is 15.7. The predicted octanol–water partition coefficient (Wildman–Crippen LogP) is 4.36. The van der Waals surface area contributed by atoms with Crippen LogP contribution in [0.1, 0.15) is 22.0 Å². The Morgan fingerprint density at radius 2 is 1.85 bits per heavy atom. The van der Waals surface area contributed by atoms with Crippen molar-refractivity contribution in [1.82, 2.24) is 10.2 Å². The SMILES string of the molecule is CN(CC(=O)N[C@H](c1ccc(F)cc1)c1cccs1)Cc1cccc(F)c1. The van der Waals surface area contributed by atoms with Crippen LogP contribution in [0, 0.1) is 11.6 Å². The lowest BCUT2D eigenvalue weighted by Crippen LogP contribution is -2.37. The Balaban J connectivity index is 1.66. The molecule has 2 aromatic carbocycles. The van der Waals surface area contributed by atoms with Crippen LogP contribution in [0.25, 0.3) is 0 Å². The molecule has 1 atom stereocenters. The zero-order valence-electron chi connectivity index (χ0n) is 14.9. The van der Waals surface area contributed by atoms with Crippen molar-refractivity contribution >= 4 is 17.2 Å². The van der Waals surface area contributed by atoms with Gasteiger partial charge in [0.15, 0.2) is 0 Å². The Morgan fingerprint density at radius 1 is 1.07 bits per heavy atom. The van der Waals surface area contributed by atoms with Gasteiger partial charge in [0.25, 0.3) is 0 Å². The second-order valence-corrected chi connectivity index (χ2v) is 7.35. The summed E-state index contributed by atoms with van der Waals surface area (Å²) in [7, 11) is 1.81. The molecule has 0 aliphatic rings. The number of likely N-dealkylation sites (N-methyl/N-ethyl adjacent to an activating group) is 1. The molecule has 3 aromatic rings. The number of halogens is 2. The number of benzene rings is 2. The highest BCUT2D eigenvalue weighted by Gasteiger charge is 2.19. The molecule has 27 heavy (non-hydrogen) atoms. The monoisotopic (exact) mass is 386 g/mol. The molecule has 0 spiro atoms. The number of hydrogen-bond acceptors (Lipinski definition) is 3. The number of carbonyl (C=O) groups excluding carboxylic acids is 1. The van der Waals surface area contributed by atoms with Crippen LogP contribution in [0.3, 0.4) is 0 Å². The summed E-state index contributed by atoms with van der Waals surface area (Å²) in [5.74, 6) is -0.763. The third kappa shape index (κ3) is 5.45. The van der Waals surface area contributed by atoms with Crippen LogP contribution in [-0.4, -0.2) is 24.4 Å². The lowest BCUT2D eigenvalue weighted by atomic mass is 10.1. The molecule has 140 valence electrons. The fraction of sp³-hybridized carbons (Fsp3) is 0.190. The zero-order chi connectivity index (χ0) is 19.2. The van der Waals surface area contributed by atoms with Crippen molar-refractivity contribution in [1.29, 1.82) is 0 Å². The van der Waals surface area contributed by atoms with Crippen LogP contribution >= 0.6 is 11.3 Å². The average molecular weight is 386 g/mol. The highest BCUT2D eigenvalue weighted by Crippen LogP contribution is 2.26. The van der Waals surface area contributed by atoms with Crippen LogP contribution in [0.5, 0.6) is 0 Å². The van der Waals surface area contributed by atoms with Crippen LogP contribution in [-0.2, 0) is 11.3 Å². The highest BCUT2D eigenvalue weighted by molar-refractivity contribution is 7.10. The molecule has 1 N–H and O–H groups in total. The standard InChI is InChI=1S/C21H20F2N2OS/c1-25(13-15-4-2-5-18(23)12-15)14-20(26)24-21(19-6-3-11-27-19)16-7-9-17(22)10-8-16/h2-12,21H,13-14H2,1H3,(H,24,26)/t21-/m1/s1. The van der Waals surface area contributed by atoms with Gasteiger partial charge in [-0.05, 0) is 53.9 Å². The quantitative estimate of drug-likeness (QED) is 0.654. The molecule has 3 rings (SSSR count). The minimum absolute atomic E-state index is 0.156. The number of hydrogen-bond donors (Lipinski definition) is 1. The Bertz CT molecular complexity index is 881. The topological polar surface area (TPSA) is 32.3 Å². The lowest BCUT2D eigenvalue weighted by Gasteiger charge is -2.21. The fourth-order valence-electron chi connectivity index (χ4n) is 2.88. The first-order valence-corrected chi connectivity index (χ1v) is 9.40. The van der Waals surface area contributed by atoms with Gasteiger partial charge >= 0.3 is 0 Å². The van der Waals surface area contributed by atoms with Crippen LogP contribution in [0.15, 0.2) is 66.0 Å². The van der Waals surface area contributed by atoms with Gasteiger partial charge in [0.05, 0.1) is 12.6 Å². The molecule has 0 aliphatic heterocycles. The number of nitrogens with zero attached hydrogens (tertiary/aromatic N) is 1. The van der Waals surface area contributed by atoms with Gasteiger partial charge in [-0.3, -0.25) is 9.69 Å². The molecule has 0 aliphatic carbocycles. The van der Waals surface area contributed by atoms with E-state index in [-0.39, 0.29) is 30.1 Å². The molecule has 0 saturated carbocycles. The van der Waals surface area contributed by atoms with E-state index in [1.165, 1.54) is 35.6 Å². The number of nitrogens with one attached hydrogen (secondary N) is 1. The first-order valence-electron chi connectivity index (χ1n) is 8.52. The normalized spacial score (nSPS) is 12.1. The smallest absolute Gasteiger partial charge is 0.234 e. The molecule has 0 saturated heterocycles. The number of rotatable bonds is 7. The van der Waals surface area contributed by atoms with Crippen molar-refractivity contribution in [2.45, 2.75) is 12.6 Å². The first kappa shape index (κ1) is 19.2. The number of carbonyl (C=O) groups is 1. The Labute approximate surface area is 161 Å². The van der Waals surface area contributed by atoms with Crippen molar-refractivity contribution in [2.24, 2.45) is 0 Å². The van der Waals surface area contributed by atoms with Gasteiger partial charge in [-0.2, -0.15) is 0 Å². The highest BCUT2D eigenvalue weighted by atomic mass is 32.1. The summed E-state index contributed by atoms with van der Waals surface area (Å²) < 4.78 is 26.5. The van der Waals surface area contributed by atoms with Crippen molar-refractivity contribution < 1.29 is 13.6 Å². The van der Waals surface area contributed by atoms with E-state index in [9.17, 15) is 13.6 Å². The molecule has 0 radical (unpaired) electrons. The summed E-state index contributed by atoms with van der Waals surface area (Å²) in [4.78, 5) is 15.4. The largest absolute Gasteiger partial charge is 0.343 e. The van der Waals surface area contributed by atoms with Gasteiger partial charge in [-0.15, -0.1) is 11.3 Å². The molecule has 6 heteroatoms. The van der Waals surface area contributed by atoms with E-state index in [1.54, 1.807) is 18.2 Å². The van der Waals surface area contributed by atoms with Gasteiger partial charge < -0.3 is 5.32 Å². The summed E-state index contributed by atoms with van der Waals surface area (Å²) in [5, 5.41) is 4.96. The van der Waals surface area contributed by atoms with E-state index in [1.807, 2.05) is 35.5 Å². The van der Waals surface area contributed by atoms with E-state index in [2.05, 4.69) is 5.32 Å². The maximum atomic E-state index is 13.3. The van der Waals surface area contributed by atoms with Crippen LogP contribution in [0.4, 0.5) is 8.78 Å². The van der Waals surface area contributed by atoms with Crippen molar-refractivity contribution in [3.8, 4) is 0 Å². The second-order valence-electron chi connectivity index (χ2n) is 6.37. The minimum atomic E-state index is -0.333. The van der Waals surface area contributed by atoms with E-state index in [4.69, 9.17) is 0 Å². The van der Waals surface area contributed by atoms with Crippen LogP contribution in [0.2, 0.25) is 0 Å². The summed E-state index contributed by atoms with van der Waals surface area (Å²) in [6, 6.07) is 16.0. The fourth-order valence-corrected chi connectivity index (χ4v) is 3.69. The molecule has 1 aromatic heterocycles. The van der Waals surface area contributed by atoms with Gasteiger partial charge in [0, 0.05) is 11.4 Å². The van der Waals surface area contributed by atoms with E-state index >= 15 is 0 Å². The molecule has 1 amide bonds. The maximum absolute atomic E-state index is 13.3. The van der Waals surface area contributed by atoms with E-state index in [0.29, 0.717) is 6.54 Å². The predicted molar refractivity (Wildman–Crippen MR) is 103 cm³/mol. The molecule has 3 nitrogen and oxygen atoms in total. The van der Waals surface area contributed by atoms with Crippen molar-refractivity contribution in [2.75, 3.05) is 13.6 Å². The van der Waals surface area contributed by atoms with Crippen molar-refractivity contribution in [3.63, 3.8) is 0 Å². The third-order valence-corrected chi connectivity index (χ3v) is 5.03. The van der Waals surface area contributed by atoms with Gasteiger partial charge in [0.1, 0.15) is 11.6 Å². The van der Waals surface area contributed by atoms with Crippen molar-refractivity contribution in [3.05, 3.63) is 93.7 Å². The maximum Gasteiger partial charge on any atom is 0.234 e.